The fourth-order valence-corrected chi connectivity index (χ4v) is 4.03. The second kappa shape index (κ2) is 7.65. The van der Waals surface area contributed by atoms with Gasteiger partial charge in [-0.2, -0.15) is 23.4 Å². The van der Waals surface area contributed by atoms with Gasteiger partial charge in [-0.25, -0.2) is 9.50 Å². The third-order valence-corrected chi connectivity index (χ3v) is 5.72. The molecule has 4 rings (SSSR count). The number of fused-ring (bicyclic) bond motifs is 1. The summed E-state index contributed by atoms with van der Waals surface area (Å²) in [5, 5.41) is 8.64. The van der Waals surface area contributed by atoms with Crippen molar-refractivity contribution < 1.29 is 18.0 Å². The highest BCUT2D eigenvalue weighted by Crippen LogP contribution is 2.35. The largest absolute Gasteiger partial charge is 0.433 e. The van der Waals surface area contributed by atoms with E-state index in [0.717, 1.165) is 22.7 Å². The van der Waals surface area contributed by atoms with Crippen molar-refractivity contribution in [1.29, 1.82) is 0 Å². The van der Waals surface area contributed by atoms with Crippen molar-refractivity contribution >= 4 is 11.6 Å². The van der Waals surface area contributed by atoms with E-state index in [9.17, 15) is 18.0 Å². The lowest BCUT2D eigenvalue weighted by Gasteiger charge is -2.23. The second-order valence-corrected chi connectivity index (χ2v) is 8.21. The van der Waals surface area contributed by atoms with Crippen LogP contribution in [-0.2, 0) is 19.6 Å². The molecule has 3 aromatic rings. The monoisotopic (exact) mass is 434 g/mol. The molecular formula is C21H25F3N6O. The van der Waals surface area contributed by atoms with E-state index in [1.54, 1.807) is 35.7 Å². The summed E-state index contributed by atoms with van der Waals surface area (Å²) in [7, 11) is 1.72. The average molecular weight is 434 g/mol. The molecule has 0 aromatic carbocycles. The number of likely N-dealkylation sites (tertiary alicyclic amines) is 1. The van der Waals surface area contributed by atoms with Gasteiger partial charge in [0.15, 0.2) is 5.65 Å². The molecule has 0 spiro atoms. The van der Waals surface area contributed by atoms with Crippen LogP contribution >= 0.6 is 0 Å². The molecule has 1 saturated heterocycles. The number of alkyl halides is 3. The topological polar surface area (TPSA) is 68.3 Å². The zero-order chi connectivity index (χ0) is 22.5. The Morgan fingerprint density at radius 2 is 1.97 bits per heavy atom. The summed E-state index contributed by atoms with van der Waals surface area (Å²) in [5.74, 6) is -0.0140. The number of amides is 1. The number of nitrogens with zero attached hydrogens (tertiary/aromatic N) is 6. The zero-order valence-corrected chi connectivity index (χ0v) is 17.9. The van der Waals surface area contributed by atoms with Gasteiger partial charge in [0.05, 0.1) is 17.4 Å². The Balaban J connectivity index is 1.73. The van der Waals surface area contributed by atoms with E-state index in [0.29, 0.717) is 36.5 Å². The summed E-state index contributed by atoms with van der Waals surface area (Å²) in [4.78, 5) is 19.2. The number of hydrogen-bond donors (Lipinski definition) is 0. The molecule has 1 atom stereocenters. The molecule has 0 N–H and O–H groups in total. The van der Waals surface area contributed by atoms with Crippen molar-refractivity contribution in [2.45, 2.75) is 58.2 Å². The normalized spacial score (nSPS) is 17.3. The van der Waals surface area contributed by atoms with Crippen molar-refractivity contribution in [1.82, 2.24) is 29.3 Å². The average Bonchev–Trinajstić information content (AvgIpc) is 3.42. The van der Waals surface area contributed by atoms with E-state index in [1.165, 1.54) is 0 Å². The van der Waals surface area contributed by atoms with Crippen molar-refractivity contribution in [2.75, 3.05) is 6.54 Å². The highest BCUT2D eigenvalue weighted by molar-refractivity contribution is 5.93. The Morgan fingerprint density at radius 1 is 1.23 bits per heavy atom. The fraction of sp³-hybridized carbons (Fsp3) is 0.524. The van der Waals surface area contributed by atoms with Crippen LogP contribution in [0.2, 0.25) is 0 Å². The van der Waals surface area contributed by atoms with Gasteiger partial charge in [-0.15, -0.1) is 0 Å². The molecule has 0 saturated carbocycles. The molecular weight excluding hydrogens is 409 g/mol. The van der Waals surface area contributed by atoms with Crippen LogP contribution in [0.15, 0.2) is 18.2 Å². The molecule has 166 valence electrons. The van der Waals surface area contributed by atoms with Gasteiger partial charge in [0.1, 0.15) is 11.4 Å². The van der Waals surface area contributed by atoms with Crippen molar-refractivity contribution in [2.24, 2.45) is 7.05 Å². The first kappa shape index (κ1) is 21.3. The van der Waals surface area contributed by atoms with E-state index >= 15 is 0 Å². The first-order chi connectivity index (χ1) is 14.6. The number of carbonyl (C=O) groups is 1. The lowest BCUT2D eigenvalue weighted by Crippen LogP contribution is -2.32. The predicted octanol–water partition coefficient (Wildman–Crippen LogP) is 4.14. The lowest BCUT2D eigenvalue weighted by atomic mass is 10.1. The Morgan fingerprint density at radius 3 is 2.58 bits per heavy atom. The minimum Gasteiger partial charge on any atom is -0.329 e. The van der Waals surface area contributed by atoms with Crippen LogP contribution in [0.3, 0.4) is 0 Å². The molecule has 7 nitrogen and oxygen atoms in total. The van der Waals surface area contributed by atoms with Crippen LogP contribution in [0, 0.1) is 0 Å². The highest BCUT2D eigenvalue weighted by Gasteiger charge is 2.37. The van der Waals surface area contributed by atoms with E-state index < -0.39 is 17.9 Å². The van der Waals surface area contributed by atoms with Crippen molar-refractivity contribution in [3.63, 3.8) is 0 Å². The highest BCUT2D eigenvalue weighted by atomic mass is 19.4. The minimum atomic E-state index is -4.55. The Kier molecular flexibility index (Phi) is 5.26. The molecule has 1 fully saturated rings. The van der Waals surface area contributed by atoms with Crippen LogP contribution < -0.4 is 0 Å². The summed E-state index contributed by atoms with van der Waals surface area (Å²) in [6, 6.07) is 3.97. The maximum absolute atomic E-state index is 13.6. The summed E-state index contributed by atoms with van der Waals surface area (Å²) in [6.07, 6.45) is -2.79. The number of aryl methyl sites for hydroxylation is 2. The lowest BCUT2D eigenvalue weighted by molar-refractivity contribution is -0.142. The summed E-state index contributed by atoms with van der Waals surface area (Å²) in [6.45, 7) is 6.27. The van der Waals surface area contributed by atoms with Gasteiger partial charge >= 0.3 is 6.18 Å². The van der Waals surface area contributed by atoms with Crippen LogP contribution in [0.5, 0.6) is 0 Å². The number of rotatable bonds is 4. The number of hydrogen-bond acceptors (Lipinski definition) is 4. The second-order valence-electron chi connectivity index (χ2n) is 8.21. The number of carbonyl (C=O) groups excluding carboxylic acids is 1. The van der Waals surface area contributed by atoms with Gasteiger partial charge in [0, 0.05) is 25.4 Å². The van der Waals surface area contributed by atoms with Gasteiger partial charge in [-0.05, 0) is 37.3 Å². The molecule has 1 amide bonds. The van der Waals surface area contributed by atoms with Gasteiger partial charge in [0.25, 0.3) is 5.91 Å². The molecule has 3 aromatic heterocycles. The van der Waals surface area contributed by atoms with Crippen LogP contribution in [-0.4, -0.2) is 41.7 Å². The van der Waals surface area contributed by atoms with E-state index in [1.807, 2.05) is 13.8 Å². The molecule has 31 heavy (non-hydrogen) atoms. The summed E-state index contributed by atoms with van der Waals surface area (Å²) in [5.41, 5.74) is 1.33. The Labute approximate surface area is 177 Å². The molecule has 0 radical (unpaired) electrons. The maximum Gasteiger partial charge on any atom is 0.433 e. The molecule has 0 bridgehead atoms. The zero-order valence-electron chi connectivity index (χ0n) is 17.9. The number of halogens is 3. The molecule has 1 aliphatic rings. The third-order valence-electron chi connectivity index (χ3n) is 5.72. The van der Waals surface area contributed by atoms with E-state index in [-0.39, 0.29) is 17.5 Å². The smallest absolute Gasteiger partial charge is 0.329 e. The molecule has 0 aliphatic carbocycles. The first-order valence-corrected chi connectivity index (χ1v) is 10.4. The van der Waals surface area contributed by atoms with Crippen molar-refractivity contribution in [3.8, 4) is 0 Å². The van der Waals surface area contributed by atoms with E-state index in [4.69, 9.17) is 0 Å². The van der Waals surface area contributed by atoms with Crippen LogP contribution in [0.4, 0.5) is 13.2 Å². The van der Waals surface area contributed by atoms with Crippen molar-refractivity contribution in [3.05, 3.63) is 46.7 Å². The molecule has 0 unspecified atom stereocenters. The quantitative estimate of drug-likeness (QED) is 0.619. The maximum atomic E-state index is 13.6. The standard InChI is InChI=1S/C21H25F3N6O/c1-5-13-9-18(21(22,23)24)30-19(25-13)11-15(27-30)16-7-6-8-29(16)20(31)17-10-14(12(2)3)26-28(17)4/h9-12,16H,5-8H2,1-4H3/t16-/m1/s1. The van der Waals surface area contributed by atoms with Crippen LogP contribution in [0.1, 0.15) is 78.8 Å². The van der Waals surface area contributed by atoms with E-state index in [2.05, 4.69) is 15.2 Å². The SMILES string of the molecule is CCc1cc(C(F)(F)F)n2nc([C@H]3CCCN3C(=O)c3cc(C(C)C)nn3C)cc2n1. The van der Waals surface area contributed by atoms with Gasteiger partial charge in [-0.3, -0.25) is 9.48 Å². The number of aromatic nitrogens is 5. The fourth-order valence-electron chi connectivity index (χ4n) is 4.03. The Bertz CT molecular complexity index is 1130. The summed E-state index contributed by atoms with van der Waals surface area (Å²) < 4.78 is 43.2. The van der Waals surface area contributed by atoms with Gasteiger partial charge in [0.2, 0.25) is 0 Å². The Hall–Kier alpha value is -2.91. The van der Waals surface area contributed by atoms with Gasteiger partial charge < -0.3 is 4.90 Å². The molecule has 10 heteroatoms. The third kappa shape index (κ3) is 3.79. The van der Waals surface area contributed by atoms with Gasteiger partial charge in [-0.1, -0.05) is 20.8 Å². The molecule has 4 heterocycles. The molecule has 1 aliphatic heterocycles. The minimum absolute atomic E-state index is 0.142. The van der Waals surface area contributed by atoms with Crippen LogP contribution in [0.25, 0.3) is 5.65 Å². The summed E-state index contributed by atoms with van der Waals surface area (Å²) >= 11 is 0. The first-order valence-electron chi connectivity index (χ1n) is 10.4. The predicted molar refractivity (Wildman–Crippen MR) is 108 cm³/mol.